The van der Waals surface area contributed by atoms with Crippen molar-refractivity contribution in [1.29, 1.82) is 0 Å². The van der Waals surface area contributed by atoms with Crippen LogP contribution in [0.2, 0.25) is 0 Å². The first kappa shape index (κ1) is 15.5. The predicted octanol–water partition coefficient (Wildman–Crippen LogP) is 2.84. The van der Waals surface area contributed by atoms with Crippen LogP contribution in [0.5, 0.6) is 0 Å². The third-order valence-electron chi connectivity index (χ3n) is 3.45. The summed E-state index contributed by atoms with van der Waals surface area (Å²) in [5, 5.41) is 11.2. The molecule has 0 fully saturated rings. The summed E-state index contributed by atoms with van der Waals surface area (Å²) in [6.45, 7) is 2.76. The lowest BCUT2D eigenvalue weighted by atomic mass is 10.2. The molecule has 0 spiro atoms. The molecule has 1 N–H and O–H groups in total. The third-order valence-corrected chi connectivity index (χ3v) is 4.23. The summed E-state index contributed by atoms with van der Waals surface area (Å²) in [5.74, 6) is -0.111. The Morgan fingerprint density at radius 1 is 1.30 bits per heavy atom. The highest BCUT2D eigenvalue weighted by Gasteiger charge is 2.09. The predicted molar refractivity (Wildman–Crippen MR) is 91.1 cm³/mol. The Morgan fingerprint density at radius 3 is 2.87 bits per heavy atom. The molecule has 0 unspecified atom stereocenters. The molecule has 0 atom stereocenters. The van der Waals surface area contributed by atoms with Crippen molar-refractivity contribution in [2.24, 2.45) is 0 Å². The van der Waals surface area contributed by atoms with E-state index in [1.54, 1.807) is 17.1 Å². The van der Waals surface area contributed by atoms with E-state index >= 15 is 0 Å². The van der Waals surface area contributed by atoms with Crippen LogP contribution < -0.4 is 5.32 Å². The number of halogens is 1. The summed E-state index contributed by atoms with van der Waals surface area (Å²) in [4.78, 5) is 12.2. The summed E-state index contributed by atoms with van der Waals surface area (Å²) in [5.41, 5.74) is 2.76. The molecule has 2 aromatic heterocycles. The van der Waals surface area contributed by atoms with E-state index in [1.165, 1.54) is 0 Å². The zero-order chi connectivity index (χ0) is 16.2. The fourth-order valence-corrected chi connectivity index (χ4v) is 2.54. The topological polar surface area (TPSA) is 64.7 Å². The highest BCUT2D eigenvalue weighted by Crippen LogP contribution is 2.15. The van der Waals surface area contributed by atoms with Gasteiger partial charge in [-0.3, -0.25) is 14.2 Å². The monoisotopic (exact) mass is 373 g/mol. The zero-order valence-corrected chi connectivity index (χ0v) is 14.2. The molecule has 3 rings (SSSR count). The first-order valence-corrected chi connectivity index (χ1v) is 7.95. The molecule has 0 saturated carbocycles. The molecule has 1 amide bonds. The second-order valence-electron chi connectivity index (χ2n) is 5.19. The Morgan fingerprint density at radius 2 is 2.17 bits per heavy atom. The minimum absolute atomic E-state index is 0.111. The number of rotatable bonds is 5. The van der Waals surface area contributed by atoms with Crippen LogP contribution in [0.15, 0.2) is 53.4 Å². The number of anilines is 1. The fourth-order valence-electron chi connectivity index (χ4n) is 2.25. The lowest BCUT2D eigenvalue weighted by molar-refractivity contribution is -0.116. The molecule has 6 nitrogen and oxygen atoms in total. The average Bonchev–Trinajstić information content (AvgIpc) is 3.13. The highest BCUT2D eigenvalue weighted by atomic mass is 79.9. The van der Waals surface area contributed by atoms with Crippen LogP contribution in [0.4, 0.5) is 5.69 Å². The molecule has 1 aromatic carbocycles. The Kier molecular flexibility index (Phi) is 4.57. The molecule has 0 aliphatic heterocycles. The van der Waals surface area contributed by atoms with Gasteiger partial charge in [0.05, 0.1) is 22.9 Å². The molecular formula is C16H16BrN5O. The maximum Gasteiger partial charge on any atom is 0.246 e. The zero-order valence-electron chi connectivity index (χ0n) is 12.6. The van der Waals surface area contributed by atoms with Gasteiger partial charge in [0.15, 0.2) is 0 Å². The molecule has 118 valence electrons. The van der Waals surface area contributed by atoms with E-state index in [4.69, 9.17) is 0 Å². The van der Waals surface area contributed by atoms with Gasteiger partial charge in [-0.15, -0.1) is 0 Å². The van der Waals surface area contributed by atoms with Crippen molar-refractivity contribution in [3.05, 3.63) is 64.7 Å². The molecular weight excluding hydrogens is 358 g/mol. The number of hydrogen-bond donors (Lipinski definition) is 1. The molecule has 2 heterocycles. The maximum absolute atomic E-state index is 12.2. The second-order valence-corrected chi connectivity index (χ2v) is 6.04. The van der Waals surface area contributed by atoms with E-state index in [0.717, 1.165) is 21.4 Å². The van der Waals surface area contributed by atoms with Crippen molar-refractivity contribution in [2.75, 3.05) is 5.32 Å². The normalized spacial score (nSPS) is 10.7. The van der Waals surface area contributed by atoms with Gasteiger partial charge in [-0.2, -0.15) is 10.2 Å². The number of nitrogens with zero attached hydrogens (tertiary/aromatic N) is 4. The van der Waals surface area contributed by atoms with Gasteiger partial charge in [0.2, 0.25) is 5.91 Å². The Labute approximate surface area is 142 Å². The van der Waals surface area contributed by atoms with Crippen LogP contribution >= 0.6 is 15.9 Å². The fraction of sp³-hybridized carbons (Fsp3) is 0.188. The van der Waals surface area contributed by atoms with Crippen molar-refractivity contribution >= 4 is 27.5 Å². The van der Waals surface area contributed by atoms with E-state index in [9.17, 15) is 4.79 Å². The Balaban J connectivity index is 1.65. The SMILES string of the molecule is Cc1c(Br)cnn1CC(=O)Nc1cccc(Cn2cccn2)c1. The summed E-state index contributed by atoms with van der Waals surface area (Å²) in [6.07, 6.45) is 5.34. The van der Waals surface area contributed by atoms with Crippen LogP contribution in [0.25, 0.3) is 0 Å². The molecule has 23 heavy (non-hydrogen) atoms. The van der Waals surface area contributed by atoms with Gasteiger partial charge in [0, 0.05) is 18.1 Å². The molecule has 0 aliphatic rings. The van der Waals surface area contributed by atoms with Crippen molar-refractivity contribution in [3.8, 4) is 0 Å². The number of hydrogen-bond acceptors (Lipinski definition) is 3. The largest absolute Gasteiger partial charge is 0.324 e. The summed E-state index contributed by atoms with van der Waals surface area (Å²) < 4.78 is 4.39. The highest BCUT2D eigenvalue weighted by molar-refractivity contribution is 9.10. The summed E-state index contributed by atoms with van der Waals surface area (Å²) in [6, 6.07) is 9.63. The third kappa shape index (κ3) is 3.87. The lowest BCUT2D eigenvalue weighted by Gasteiger charge is -2.09. The van der Waals surface area contributed by atoms with Crippen LogP contribution in [0, 0.1) is 6.92 Å². The van der Waals surface area contributed by atoms with Gasteiger partial charge in [-0.1, -0.05) is 12.1 Å². The second kappa shape index (κ2) is 6.78. The van der Waals surface area contributed by atoms with Crippen LogP contribution in [-0.4, -0.2) is 25.5 Å². The molecule has 0 saturated heterocycles. The number of amides is 1. The Hall–Kier alpha value is -2.41. The van der Waals surface area contributed by atoms with Crippen molar-refractivity contribution in [2.45, 2.75) is 20.0 Å². The van der Waals surface area contributed by atoms with E-state index < -0.39 is 0 Å². The van der Waals surface area contributed by atoms with Gasteiger partial charge < -0.3 is 5.32 Å². The average molecular weight is 374 g/mol. The smallest absolute Gasteiger partial charge is 0.246 e. The van der Waals surface area contributed by atoms with Gasteiger partial charge in [-0.25, -0.2) is 0 Å². The standard InChI is InChI=1S/C16H16BrN5O/c1-12-15(17)9-19-22(12)11-16(23)20-14-5-2-4-13(8-14)10-21-7-3-6-18-21/h2-9H,10-11H2,1H3,(H,20,23). The van der Waals surface area contributed by atoms with E-state index in [2.05, 4.69) is 31.4 Å². The van der Waals surface area contributed by atoms with Crippen molar-refractivity contribution in [3.63, 3.8) is 0 Å². The first-order valence-electron chi connectivity index (χ1n) is 7.16. The van der Waals surface area contributed by atoms with Gasteiger partial charge >= 0.3 is 0 Å². The van der Waals surface area contributed by atoms with E-state index in [-0.39, 0.29) is 12.5 Å². The van der Waals surface area contributed by atoms with Gasteiger partial charge in [0.1, 0.15) is 6.54 Å². The minimum Gasteiger partial charge on any atom is -0.324 e. The van der Waals surface area contributed by atoms with Crippen LogP contribution in [-0.2, 0) is 17.9 Å². The molecule has 7 heteroatoms. The number of carbonyl (C=O) groups excluding carboxylic acids is 1. The summed E-state index contributed by atoms with van der Waals surface area (Å²) in [7, 11) is 0. The maximum atomic E-state index is 12.2. The van der Waals surface area contributed by atoms with Crippen LogP contribution in [0.3, 0.4) is 0 Å². The summed E-state index contributed by atoms with van der Waals surface area (Å²) >= 11 is 3.39. The molecule has 0 radical (unpaired) electrons. The number of carbonyl (C=O) groups is 1. The van der Waals surface area contributed by atoms with Crippen molar-refractivity contribution < 1.29 is 4.79 Å². The molecule has 3 aromatic rings. The minimum atomic E-state index is -0.111. The van der Waals surface area contributed by atoms with Gasteiger partial charge in [-0.05, 0) is 46.6 Å². The number of nitrogens with one attached hydrogen (secondary N) is 1. The van der Waals surface area contributed by atoms with E-state index in [0.29, 0.717) is 6.54 Å². The van der Waals surface area contributed by atoms with E-state index in [1.807, 2.05) is 48.1 Å². The van der Waals surface area contributed by atoms with Crippen molar-refractivity contribution in [1.82, 2.24) is 19.6 Å². The quantitative estimate of drug-likeness (QED) is 0.747. The van der Waals surface area contributed by atoms with Crippen LogP contribution in [0.1, 0.15) is 11.3 Å². The lowest BCUT2D eigenvalue weighted by Crippen LogP contribution is -2.20. The molecule has 0 aliphatic carbocycles. The number of aromatic nitrogens is 4. The first-order chi connectivity index (χ1) is 11.1. The number of benzene rings is 1. The molecule has 0 bridgehead atoms. The van der Waals surface area contributed by atoms with Gasteiger partial charge in [0.25, 0.3) is 0 Å². The Bertz CT molecular complexity index is 810.